The van der Waals surface area contributed by atoms with E-state index in [0.717, 1.165) is 11.1 Å². The number of hydrogen-bond acceptors (Lipinski definition) is 6. The van der Waals surface area contributed by atoms with Crippen LogP contribution in [0.4, 0.5) is 11.4 Å². The van der Waals surface area contributed by atoms with Crippen LogP contribution in [0.2, 0.25) is 0 Å². The van der Waals surface area contributed by atoms with Crippen molar-refractivity contribution in [1.29, 1.82) is 0 Å². The number of nitro benzene ring substituents is 1. The van der Waals surface area contributed by atoms with E-state index in [1.54, 1.807) is 17.4 Å². The molecule has 1 heterocycles. The molecule has 0 aliphatic carbocycles. The highest BCUT2D eigenvalue weighted by Gasteiger charge is 2.19. The Morgan fingerprint density at radius 2 is 1.90 bits per heavy atom. The summed E-state index contributed by atoms with van der Waals surface area (Å²) in [7, 11) is 2.94. The molecule has 7 heteroatoms. The summed E-state index contributed by atoms with van der Waals surface area (Å²) in [4.78, 5) is 10.7. The number of methoxy groups -OCH3 is 2. The molecule has 0 spiro atoms. The normalized spacial score (nSPS) is 10.2. The van der Waals surface area contributed by atoms with Crippen LogP contribution in [0.5, 0.6) is 11.5 Å². The predicted octanol–water partition coefficient (Wildman–Crippen LogP) is 3.59. The zero-order chi connectivity index (χ0) is 15.4. The fourth-order valence-electron chi connectivity index (χ4n) is 1.92. The molecule has 21 heavy (non-hydrogen) atoms. The molecule has 2 rings (SSSR count). The van der Waals surface area contributed by atoms with Gasteiger partial charge in [-0.3, -0.25) is 10.1 Å². The molecule has 0 amide bonds. The average Bonchev–Trinajstić information content (AvgIpc) is 2.89. The number of ether oxygens (including phenoxy) is 2. The van der Waals surface area contributed by atoms with E-state index in [9.17, 15) is 10.1 Å². The molecule has 0 bridgehead atoms. The maximum Gasteiger partial charge on any atom is 0.296 e. The lowest BCUT2D eigenvalue weighted by Crippen LogP contribution is -2.04. The highest BCUT2D eigenvalue weighted by molar-refractivity contribution is 7.08. The van der Waals surface area contributed by atoms with Gasteiger partial charge in [-0.05, 0) is 28.8 Å². The van der Waals surface area contributed by atoms with Gasteiger partial charge in [0.25, 0.3) is 5.69 Å². The summed E-state index contributed by atoms with van der Waals surface area (Å²) in [6, 6.07) is 2.94. The number of rotatable bonds is 6. The average molecular weight is 308 g/mol. The Morgan fingerprint density at radius 1 is 1.24 bits per heavy atom. The highest BCUT2D eigenvalue weighted by Crippen LogP contribution is 2.37. The Kier molecular flexibility index (Phi) is 4.64. The smallest absolute Gasteiger partial charge is 0.296 e. The van der Waals surface area contributed by atoms with Gasteiger partial charge in [0, 0.05) is 12.6 Å². The quantitative estimate of drug-likeness (QED) is 0.652. The van der Waals surface area contributed by atoms with E-state index >= 15 is 0 Å². The molecule has 1 aromatic heterocycles. The maximum absolute atomic E-state index is 11.2. The van der Waals surface area contributed by atoms with E-state index in [1.165, 1.54) is 20.3 Å². The number of benzene rings is 1. The van der Waals surface area contributed by atoms with E-state index in [2.05, 4.69) is 5.32 Å². The molecule has 112 valence electrons. The molecule has 0 aliphatic heterocycles. The van der Waals surface area contributed by atoms with E-state index in [0.29, 0.717) is 23.7 Å². The molecule has 0 saturated heterocycles. The molecule has 0 fully saturated rings. The van der Waals surface area contributed by atoms with E-state index < -0.39 is 4.92 Å². The Bertz CT molecular complexity index is 654. The third kappa shape index (κ3) is 3.25. The van der Waals surface area contributed by atoms with Gasteiger partial charge in [0.1, 0.15) is 5.69 Å². The second-order valence-electron chi connectivity index (χ2n) is 4.42. The number of nitrogens with zero attached hydrogens (tertiary/aromatic N) is 1. The van der Waals surface area contributed by atoms with Crippen LogP contribution in [-0.4, -0.2) is 19.1 Å². The molecule has 0 saturated carbocycles. The Hall–Kier alpha value is -2.28. The minimum absolute atomic E-state index is 0.0412. The minimum atomic E-state index is -0.440. The molecular formula is C14H16N2O4S. The summed E-state index contributed by atoms with van der Waals surface area (Å²) in [6.07, 6.45) is 0. The molecule has 0 aliphatic rings. The van der Waals surface area contributed by atoms with Crippen LogP contribution in [0, 0.1) is 17.0 Å². The van der Waals surface area contributed by atoms with Gasteiger partial charge in [0.15, 0.2) is 11.5 Å². The summed E-state index contributed by atoms with van der Waals surface area (Å²) in [5.41, 5.74) is 2.64. The van der Waals surface area contributed by atoms with Crippen molar-refractivity contribution < 1.29 is 14.4 Å². The van der Waals surface area contributed by atoms with Gasteiger partial charge < -0.3 is 14.8 Å². The van der Waals surface area contributed by atoms with Gasteiger partial charge in [-0.2, -0.15) is 11.3 Å². The molecule has 6 nitrogen and oxygen atoms in total. The molecule has 1 aromatic carbocycles. The van der Waals surface area contributed by atoms with Gasteiger partial charge >= 0.3 is 0 Å². The van der Waals surface area contributed by atoms with Crippen molar-refractivity contribution >= 4 is 22.7 Å². The van der Waals surface area contributed by atoms with Gasteiger partial charge in [-0.15, -0.1) is 0 Å². The first kappa shape index (κ1) is 15.1. The van der Waals surface area contributed by atoms with Crippen molar-refractivity contribution in [3.63, 3.8) is 0 Å². The highest BCUT2D eigenvalue weighted by atomic mass is 32.1. The van der Waals surface area contributed by atoms with Crippen LogP contribution in [-0.2, 0) is 6.54 Å². The summed E-state index contributed by atoms with van der Waals surface area (Å²) in [5, 5.41) is 18.3. The number of nitro groups is 1. The van der Waals surface area contributed by atoms with E-state index in [1.807, 2.05) is 17.7 Å². The van der Waals surface area contributed by atoms with Gasteiger partial charge in [0.05, 0.1) is 25.2 Å². The van der Waals surface area contributed by atoms with Gasteiger partial charge in [-0.1, -0.05) is 0 Å². The van der Waals surface area contributed by atoms with Crippen molar-refractivity contribution in [1.82, 2.24) is 0 Å². The summed E-state index contributed by atoms with van der Waals surface area (Å²) < 4.78 is 10.3. The number of anilines is 1. The Morgan fingerprint density at radius 3 is 2.43 bits per heavy atom. The second-order valence-corrected chi connectivity index (χ2v) is 5.16. The first-order chi connectivity index (χ1) is 10.1. The SMILES string of the molecule is COc1cc(NCc2cscc2C)c([N+](=O)[O-])cc1OC. The van der Waals surface area contributed by atoms with Crippen LogP contribution in [0.3, 0.4) is 0 Å². The predicted molar refractivity (Wildman–Crippen MR) is 82.6 cm³/mol. The number of aryl methyl sites for hydroxylation is 1. The van der Waals surface area contributed by atoms with E-state index in [4.69, 9.17) is 9.47 Å². The minimum Gasteiger partial charge on any atom is -0.493 e. The molecule has 1 N–H and O–H groups in total. The number of nitrogens with one attached hydrogen (secondary N) is 1. The van der Waals surface area contributed by atoms with Gasteiger partial charge in [0.2, 0.25) is 0 Å². The fraction of sp³-hybridized carbons (Fsp3) is 0.286. The first-order valence-electron chi connectivity index (χ1n) is 6.22. The maximum atomic E-state index is 11.2. The lowest BCUT2D eigenvalue weighted by atomic mass is 10.2. The fourth-order valence-corrected chi connectivity index (χ4v) is 2.78. The molecule has 2 aromatic rings. The second kappa shape index (κ2) is 6.45. The lowest BCUT2D eigenvalue weighted by Gasteiger charge is -2.12. The summed E-state index contributed by atoms with van der Waals surface area (Å²) in [6.45, 7) is 2.53. The summed E-state index contributed by atoms with van der Waals surface area (Å²) in [5.74, 6) is 0.786. The Labute approximate surface area is 126 Å². The van der Waals surface area contributed by atoms with E-state index in [-0.39, 0.29) is 5.69 Å². The lowest BCUT2D eigenvalue weighted by molar-refractivity contribution is -0.384. The molecule has 0 radical (unpaired) electrons. The first-order valence-corrected chi connectivity index (χ1v) is 7.17. The third-order valence-electron chi connectivity index (χ3n) is 3.13. The van der Waals surface area contributed by atoms with Crippen molar-refractivity contribution in [2.45, 2.75) is 13.5 Å². The van der Waals surface area contributed by atoms with Crippen molar-refractivity contribution in [3.8, 4) is 11.5 Å². The van der Waals surface area contributed by atoms with Crippen LogP contribution in [0.25, 0.3) is 0 Å². The van der Waals surface area contributed by atoms with Crippen LogP contribution >= 0.6 is 11.3 Å². The molecule has 0 atom stereocenters. The largest absolute Gasteiger partial charge is 0.493 e. The number of thiophene rings is 1. The van der Waals surface area contributed by atoms with Crippen molar-refractivity contribution in [3.05, 3.63) is 44.1 Å². The van der Waals surface area contributed by atoms with Crippen LogP contribution in [0.1, 0.15) is 11.1 Å². The molecular weight excluding hydrogens is 292 g/mol. The zero-order valence-corrected chi connectivity index (χ0v) is 12.8. The van der Waals surface area contributed by atoms with Crippen molar-refractivity contribution in [2.24, 2.45) is 0 Å². The van der Waals surface area contributed by atoms with Crippen LogP contribution in [0.15, 0.2) is 22.9 Å². The number of hydrogen-bond donors (Lipinski definition) is 1. The Balaban J connectivity index is 2.32. The monoisotopic (exact) mass is 308 g/mol. The van der Waals surface area contributed by atoms with Gasteiger partial charge in [-0.25, -0.2) is 0 Å². The molecule has 0 unspecified atom stereocenters. The standard InChI is InChI=1S/C14H16N2O4S/c1-9-7-21-8-10(9)6-15-11-4-13(19-2)14(20-3)5-12(11)16(17)18/h4-5,7-8,15H,6H2,1-3H3. The zero-order valence-electron chi connectivity index (χ0n) is 12.0. The third-order valence-corrected chi connectivity index (χ3v) is 4.04. The summed E-state index contributed by atoms with van der Waals surface area (Å²) >= 11 is 1.61. The van der Waals surface area contributed by atoms with Crippen LogP contribution < -0.4 is 14.8 Å². The topological polar surface area (TPSA) is 73.6 Å². The van der Waals surface area contributed by atoms with Crippen molar-refractivity contribution in [2.75, 3.05) is 19.5 Å².